The van der Waals surface area contributed by atoms with Gasteiger partial charge in [0.25, 0.3) is 5.91 Å². The Morgan fingerprint density at radius 2 is 1.89 bits per heavy atom. The maximum atomic E-state index is 12.7. The number of halogens is 1. The second kappa shape index (κ2) is 8.19. The van der Waals surface area contributed by atoms with Crippen LogP contribution in [-0.2, 0) is 4.74 Å². The molecule has 0 radical (unpaired) electrons. The monoisotopic (exact) mass is 394 g/mol. The molecule has 28 heavy (non-hydrogen) atoms. The standard InChI is InChI=1S/C23H23ClN2O2/c1-16-14-20(6-7-21(16)24)23(27)26-11-8-18(9-12-26)15-17-2-4-19(5-3-17)22-25-10-13-28-22/h2-7,14-15H,8-13H2,1H3. The summed E-state index contributed by atoms with van der Waals surface area (Å²) in [6, 6.07) is 13.8. The molecule has 2 aromatic rings. The van der Waals surface area contributed by atoms with E-state index >= 15 is 0 Å². The number of ether oxygens (including phenoxy) is 1. The molecule has 144 valence electrons. The highest BCUT2D eigenvalue weighted by Gasteiger charge is 2.20. The molecule has 0 spiro atoms. The van der Waals surface area contributed by atoms with E-state index in [4.69, 9.17) is 16.3 Å². The molecule has 5 heteroatoms. The summed E-state index contributed by atoms with van der Waals surface area (Å²) < 4.78 is 5.50. The van der Waals surface area contributed by atoms with Crippen LogP contribution in [0.25, 0.3) is 6.08 Å². The van der Waals surface area contributed by atoms with Crippen LogP contribution in [0.3, 0.4) is 0 Å². The summed E-state index contributed by atoms with van der Waals surface area (Å²) in [5, 5.41) is 0.693. The quantitative estimate of drug-likeness (QED) is 0.754. The first-order chi connectivity index (χ1) is 13.6. The molecule has 0 saturated carbocycles. The van der Waals surface area contributed by atoms with Crippen molar-refractivity contribution in [2.24, 2.45) is 4.99 Å². The van der Waals surface area contributed by atoms with Crippen LogP contribution in [0.4, 0.5) is 0 Å². The Balaban J connectivity index is 1.38. The fraction of sp³-hybridized carbons (Fsp3) is 0.304. The molecule has 4 rings (SSSR count). The highest BCUT2D eigenvalue weighted by Crippen LogP contribution is 2.23. The SMILES string of the molecule is Cc1cc(C(=O)N2CCC(=Cc3ccc(C4=NCCO4)cc3)CC2)ccc1Cl. The summed E-state index contributed by atoms with van der Waals surface area (Å²) in [6.07, 6.45) is 4.03. The lowest BCUT2D eigenvalue weighted by Gasteiger charge is -2.28. The van der Waals surface area contributed by atoms with E-state index in [-0.39, 0.29) is 5.91 Å². The predicted octanol–water partition coefficient (Wildman–Crippen LogP) is 4.74. The van der Waals surface area contributed by atoms with Gasteiger partial charge in [-0.3, -0.25) is 4.79 Å². The largest absolute Gasteiger partial charge is 0.476 e. The van der Waals surface area contributed by atoms with Gasteiger partial charge in [0.1, 0.15) is 6.61 Å². The fourth-order valence-corrected chi connectivity index (χ4v) is 3.69. The van der Waals surface area contributed by atoms with Crippen LogP contribution in [0, 0.1) is 6.92 Å². The van der Waals surface area contributed by atoms with Crippen LogP contribution < -0.4 is 0 Å². The van der Waals surface area contributed by atoms with Crippen LogP contribution in [0.5, 0.6) is 0 Å². The molecule has 0 aliphatic carbocycles. The lowest BCUT2D eigenvalue weighted by Crippen LogP contribution is -2.36. The number of hydrogen-bond donors (Lipinski definition) is 0. The normalized spacial score (nSPS) is 16.6. The molecule has 0 bridgehead atoms. The summed E-state index contributed by atoms with van der Waals surface area (Å²) in [6.45, 7) is 4.83. The number of aryl methyl sites for hydroxylation is 1. The topological polar surface area (TPSA) is 41.9 Å². The maximum Gasteiger partial charge on any atom is 0.253 e. The average molecular weight is 395 g/mol. The minimum absolute atomic E-state index is 0.0838. The third-order valence-electron chi connectivity index (χ3n) is 5.21. The number of carbonyl (C=O) groups is 1. The van der Waals surface area contributed by atoms with Crippen molar-refractivity contribution in [2.75, 3.05) is 26.2 Å². The number of likely N-dealkylation sites (tertiary alicyclic amines) is 1. The zero-order chi connectivity index (χ0) is 19.5. The molecule has 1 amide bonds. The Kier molecular flexibility index (Phi) is 5.49. The summed E-state index contributed by atoms with van der Waals surface area (Å²) >= 11 is 6.07. The van der Waals surface area contributed by atoms with Gasteiger partial charge in [-0.2, -0.15) is 0 Å². The van der Waals surface area contributed by atoms with Gasteiger partial charge in [0.15, 0.2) is 0 Å². The molecule has 2 aliphatic rings. The van der Waals surface area contributed by atoms with E-state index in [0.29, 0.717) is 17.2 Å². The van der Waals surface area contributed by atoms with Gasteiger partial charge < -0.3 is 9.64 Å². The Morgan fingerprint density at radius 3 is 2.54 bits per heavy atom. The van der Waals surface area contributed by atoms with Crippen molar-refractivity contribution in [1.82, 2.24) is 4.90 Å². The van der Waals surface area contributed by atoms with Crippen molar-refractivity contribution in [2.45, 2.75) is 19.8 Å². The highest BCUT2D eigenvalue weighted by atomic mass is 35.5. The van der Waals surface area contributed by atoms with Crippen LogP contribution >= 0.6 is 11.6 Å². The van der Waals surface area contributed by atoms with Crippen LogP contribution in [-0.4, -0.2) is 42.9 Å². The number of rotatable bonds is 3. The molecule has 0 N–H and O–H groups in total. The molecule has 2 heterocycles. The lowest BCUT2D eigenvalue weighted by atomic mass is 9.99. The number of aliphatic imine (C=N–C) groups is 1. The molecular formula is C23H23ClN2O2. The number of amides is 1. The van der Waals surface area contributed by atoms with Gasteiger partial charge in [0.2, 0.25) is 5.90 Å². The van der Waals surface area contributed by atoms with Crippen molar-refractivity contribution < 1.29 is 9.53 Å². The van der Waals surface area contributed by atoms with Crippen molar-refractivity contribution in [3.05, 3.63) is 75.3 Å². The lowest BCUT2D eigenvalue weighted by molar-refractivity contribution is 0.0744. The molecule has 2 aliphatic heterocycles. The van der Waals surface area contributed by atoms with Gasteiger partial charge in [-0.25, -0.2) is 4.99 Å². The minimum atomic E-state index is 0.0838. The molecule has 1 saturated heterocycles. The van der Waals surface area contributed by atoms with Crippen LogP contribution in [0.1, 0.15) is 39.9 Å². The van der Waals surface area contributed by atoms with Crippen molar-refractivity contribution in [3.63, 3.8) is 0 Å². The Labute approximate surface area is 170 Å². The van der Waals surface area contributed by atoms with Crippen molar-refractivity contribution in [3.8, 4) is 0 Å². The minimum Gasteiger partial charge on any atom is -0.476 e. The maximum absolute atomic E-state index is 12.7. The van der Waals surface area contributed by atoms with Gasteiger partial charge in [0, 0.05) is 29.2 Å². The molecule has 2 aromatic carbocycles. The number of benzene rings is 2. The number of carbonyl (C=O) groups excluding carboxylic acids is 1. The summed E-state index contributed by atoms with van der Waals surface area (Å²) in [7, 11) is 0. The molecule has 1 fully saturated rings. The predicted molar refractivity (Wildman–Crippen MR) is 113 cm³/mol. The highest BCUT2D eigenvalue weighted by molar-refractivity contribution is 6.31. The Morgan fingerprint density at radius 1 is 1.14 bits per heavy atom. The smallest absolute Gasteiger partial charge is 0.253 e. The third kappa shape index (κ3) is 4.12. The van der Waals surface area contributed by atoms with E-state index in [1.54, 1.807) is 6.07 Å². The summed E-state index contributed by atoms with van der Waals surface area (Å²) in [5.41, 5.74) is 5.21. The van der Waals surface area contributed by atoms with Gasteiger partial charge in [-0.15, -0.1) is 0 Å². The molecule has 0 aromatic heterocycles. The summed E-state index contributed by atoms with van der Waals surface area (Å²) in [5.74, 6) is 0.823. The van der Waals surface area contributed by atoms with Gasteiger partial charge >= 0.3 is 0 Å². The number of hydrogen-bond acceptors (Lipinski definition) is 3. The van der Waals surface area contributed by atoms with Crippen molar-refractivity contribution >= 4 is 29.5 Å². The van der Waals surface area contributed by atoms with E-state index in [1.165, 1.54) is 11.1 Å². The zero-order valence-corrected chi connectivity index (χ0v) is 16.7. The third-order valence-corrected chi connectivity index (χ3v) is 5.64. The molecule has 0 atom stereocenters. The zero-order valence-electron chi connectivity index (χ0n) is 16.0. The van der Waals surface area contributed by atoms with Gasteiger partial charge in [-0.1, -0.05) is 35.4 Å². The Bertz CT molecular complexity index is 938. The Hall–Kier alpha value is -2.59. The van der Waals surface area contributed by atoms with Crippen LogP contribution in [0.2, 0.25) is 5.02 Å². The first-order valence-electron chi connectivity index (χ1n) is 9.63. The average Bonchev–Trinajstić information content (AvgIpc) is 3.26. The number of piperidine rings is 1. The first kappa shape index (κ1) is 18.8. The van der Waals surface area contributed by atoms with E-state index in [1.807, 2.05) is 24.0 Å². The van der Waals surface area contributed by atoms with E-state index in [0.717, 1.165) is 49.5 Å². The van der Waals surface area contributed by atoms with Crippen LogP contribution in [0.15, 0.2) is 53.0 Å². The van der Waals surface area contributed by atoms with E-state index in [2.05, 4.69) is 35.3 Å². The fourth-order valence-electron chi connectivity index (χ4n) is 3.57. The molecular weight excluding hydrogens is 372 g/mol. The van der Waals surface area contributed by atoms with Crippen molar-refractivity contribution in [1.29, 1.82) is 0 Å². The first-order valence-corrected chi connectivity index (χ1v) is 10.0. The second-order valence-electron chi connectivity index (χ2n) is 7.22. The molecule has 0 unspecified atom stereocenters. The van der Waals surface area contributed by atoms with E-state index < -0.39 is 0 Å². The number of nitrogens with zero attached hydrogens (tertiary/aromatic N) is 2. The van der Waals surface area contributed by atoms with E-state index in [9.17, 15) is 4.79 Å². The van der Waals surface area contributed by atoms with Gasteiger partial charge in [-0.05, 0) is 61.2 Å². The summed E-state index contributed by atoms with van der Waals surface area (Å²) in [4.78, 5) is 19.0. The van der Waals surface area contributed by atoms with Gasteiger partial charge in [0.05, 0.1) is 6.54 Å². The second-order valence-corrected chi connectivity index (χ2v) is 7.62. The molecule has 4 nitrogen and oxygen atoms in total.